The third-order valence-corrected chi connectivity index (χ3v) is 4.98. The molecule has 0 radical (unpaired) electrons. The van der Waals surface area contributed by atoms with E-state index < -0.39 is 12.1 Å². The molecule has 0 saturated carbocycles. The largest absolute Gasteiger partial charge is 0.475 e. The second kappa shape index (κ2) is 9.52. The minimum Gasteiger partial charge on any atom is -0.475 e. The number of hydrogen-bond donors (Lipinski definition) is 2. The molecule has 1 aliphatic rings. The number of carbonyl (C=O) groups is 2. The summed E-state index contributed by atoms with van der Waals surface area (Å²) in [4.78, 5) is 24.8. The molecular weight excluding hydrogens is 377 g/mol. The normalized spacial score (nSPS) is 17.9. The fourth-order valence-electron chi connectivity index (χ4n) is 3.48. The van der Waals surface area contributed by atoms with E-state index in [0.29, 0.717) is 44.4 Å². The Morgan fingerprint density at radius 1 is 1.28 bits per heavy atom. The van der Waals surface area contributed by atoms with Gasteiger partial charge in [-0.2, -0.15) is 0 Å². The van der Waals surface area contributed by atoms with Gasteiger partial charge in [-0.25, -0.2) is 9.18 Å². The summed E-state index contributed by atoms with van der Waals surface area (Å²) in [6.07, 6.45) is 5.56. The van der Waals surface area contributed by atoms with Gasteiger partial charge in [-0.05, 0) is 42.7 Å². The summed E-state index contributed by atoms with van der Waals surface area (Å²) < 4.78 is 18.2. The van der Waals surface area contributed by atoms with Gasteiger partial charge in [0.05, 0.1) is 12.1 Å². The van der Waals surface area contributed by atoms with Gasteiger partial charge in [0.1, 0.15) is 11.6 Å². The maximum atomic E-state index is 13.0. The van der Waals surface area contributed by atoms with Crippen LogP contribution in [0, 0.1) is 5.82 Å². The van der Waals surface area contributed by atoms with Crippen molar-refractivity contribution in [2.24, 2.45) is 0 Å². The molecular formula is C22H24FNO5. The van der Waals surface area contributed by atoms with Gasteiger partial charge in [-0.15, -0.1) is 0 Å². The molecule has 29 heavy (non-hydrogen) atoms. The van der Waals surface area contributed by atoms with E-state index in [1.807, 2.05) is 6.08 Å². The number of aliphatic hydroxyl groups excluding tert-OH is 1. The van der Waals surface area contributed by atoms with Crippen molar-refractivity contribution in [2.75, 3.05) is 6.54 Å². The minimum absolute atomic E-state index is 0.0679. The van der Waals surface area contributed by atoms with Gasteiger partial charge >= 0.3 is 5.97 Å². The van der Waals surface area contributed by atoms with E-state index in [4.69, 9.17) is 9.52 Å². The number of carboxylic acids is 1. The van der Waals surface area contributed by atoms with Crippen LogP contribution >= 0.6 is 0 Å². The van der Waals surface area contributed by atoms with Crippen molar-refractivity contribution in [3.8, 4) is 0 Å². The van der Waals surface area contributed by atoms with Gasteiger partial charge in [0, 0.05) is 25.8 Å². The summed E-state index contributed by atoms with van der Waals surface area (Å²) in [5.74, 6) is -0.856. The van der Waals surface area contributed by atoms with E-state index >= 15 is 0 Å². The Labute approximate surface area is 168 Å². The fourth-order valence-corrected chi connectivity index (χ4v) is 3.48. The molecule has 1 aromatic heterocycles. The number of benzene rings is 1. The van der Waals surface area contributed by atoms with Crippen molar-refractivity contribution < 1.29 is 28.6 Å². The summed E-state index contributed by atoms with van der Waals surface area (Å²) >= 11 is 0. The summed E-state index contributed by atoms with van der Waals surface area (Å²) in [6, 6.07) is 9.00. The third kappa shape index (κ3) is 5.77. The highest BCUT2D eigenvalue weighted by molar-refractivity contribution is 5.84. The van der Waals surface area contributed by atoms with E-state index in [9.17, 15) is 19.1 Å². The summed E-state index contributed by atoms with van der Waals surface area (Å²) in [7, 11) is 0. The van der Waals surface area contributed by atoms with Gasteiger partial charge in [-0.1, -0.05) is 24.3 Å². The molecule has 6 nitrogen and oxygen atoms in total. The Morgan fingerprint density at radius 3 is 2.72 bits per heavy atom. The highest BCUT2D eigenvalue weighted by Gasteiger charge is 2.28. The first-order valence-corrected chi connectivity index (χ1v) is 9.64. The molecule has 2 heterocycles. The molecule has 1 saturated heterocycles. The predicted molar refractivity (Wildman–Crippen MR) is 104 cm³/mol. The maximum absolute atomic E-state index is 13.0. The zero-order valence-corrected chi connectivity index (χ0v) is 16.0. The molecule has 1 aliphatic heterocycles. The minimum atomic E-state index is -1.10. The van der Waals surface area contributed by atoms with Gasteiger partial charge in [0.15, 0.2) is 0 Å². The van der Waals surface area contributed by atoms with Crippen LogP contribution in [0.25, 0.3) is 0 Å². The number of carbonyl (C=O) groups excluding carboxylic acids is 1. The number of carboxylic acid groups (broad SMARTS) is 1. The molecule has 0 unspecified atom stereocenters. The quantitative estimate of drug-likeness (QED) is 0.630. The highest BCUT2D eigenvalue weighted by Crippen LogP contribution is 2.21. The molecule has 7 heteroatoms. The smallest absolute Gasteiger partial charge is 0.371 e. The van der Waals surface area contributed by atoms with Crippen LogP contribution in [0.5, 0.6) is 0 Å². The Bertz CT molecular complexity index is 874. The van der Waals surface area contributed by atoms with E-state index in [2.05, 4.69) is 0 Å². The van der Waals surface area contributed by atoms with Crippen LogP contribution in [0.4, 0.5) is 4.39 Å². The third-order valence-electron chi connectivity index (χ3n) is 4.98. The van der Waals surface area contributed by atoms with Crippen LogP contribution in [0.15, 0.2) is 53.0 Å². The molecule has 3 rings (SSSR count). The first kappa shape index (κ1) is 20.8. The van der Waals surface area contributed by atoms with Crippen LogP contribution in [0.2, 0.25) is 0 Å². The monoisotopic (exact) mass is 401 g/mol. The average molecular weight is 401 g/mol. The van der Waals surface area contributed by atoms with Crippen molar-refractivity contribution in [1.82, 2.24) is 4.90 Å². The lowest BCUT2D eigenvalue weighted by molar-refractivity contribution is -0.128. The molecule has 0 spiro atoms. The first-order valence-electron chi connectivity index (χ1n) is 9.64. The lowest BCUT2D eigenvalue weighted by Gasteiger charge is -2.22. The SMILES string of the molecule is O=C(O)c1ccc(CCCN2C(=O)CC[C@@H]2/C=C/[C@@H](O)Cc2ccc(F)cc2)o1. The predicted octanol–water partition coefficient (Wildman–Crippen LogP) is 3.20. The summed E-state index contributed by atoms with van der Waals surface area (Å²) in [6.45, 7) is 0.533. The standard InChI is InChI=1S/C22H24FNO5/c23-16-5-3-15(4-6-16)14-18(25)9-7-17-8-12-21(26)24(17)13-1-2-19-10-11-20(29-19)22(27)28/h3-7,9-11,17-18,25H,1-2,8,12-14H2,(H,27,28)/b9-7+/t17-,18+/m0/s1. The average Bonchev–Trinajstić information content (AvgIpc) is 3.30. The maximum Gasteiger partial charge on any atom is 0.371 e. The molecule has 2 atom stereocenters. The zero-order valence-electron chi connectivity index (χ0n) is 16.0. The number of halogens is 1. The van der Waals surface area contributed by atoms with E-state index in [-0.39, 0.29) is 23.5 Å². The molecule has 1 amide bonds. The number of nitrogens with zero attached hydrogens (tertiary/aromatic N) is 1. The summed E-state index contributed by atoms with van der Waals surface area (Å²) in [5, 5.41) is 19.1. The lowest BCUT2D eigenvalue weighted by Crippen LogP contribution is -2.33. The van der Waals surface area contributed by atoms with E-state index in [0.717, 1.165) is 5.56 Å². The number of aliphatic hydroxyl groups is 1. The van der Waals surface area contributed by atoms with E-state index in [1.165, 1.54) is 18.2 Å². The van der Waals surface area contributed by atoms with Crippen LogP contribution in [-0.2, 0) is 17.6 Å². The summed E-state index contributed by atoms with van der Waals surface area (Å²) in [5.41, 5.74) is 0.835. The molecule has 1 aromatic carbocycles. The number of likely N-dealkylation sites (tertiary alicyclic amines) is 1. The number of furan rings is 1. The Balaban J connectivity index is 1.50. The number of rotatable bonds is 9. The van der Waals surface area contributed by atoms with Gasteiger partial charge in [0.2, 0.25) is 11.7 Å². The van der Waals surface area contributed by atoms with Gasteiger partial charge in [-0.3, -0.25) is 4.79 Å². The first-order chi connectivity index (χ1) is 13.9. The van der Waals surface area contributed by atoms with Crippen molar-refractivity contribution >= 4 is 11.9 Å². The number of aromatic carboxylic acids is 1. The van der Waals surface area contributed by atoms with Crippen LogP contribution in [-0.4, -0.2) is 45.7 Å². The highest BCUT2D eigenvalue weighted by atomic mass is 19.1. The fraction of sp³-hybridized carbons (Fsp3) is 0.364. The Morgan fingerprint density at radius 2 is 2.03 bits per heavy atom. The lowest BCUT2D eigenvalue weighted by atomic mass is 10.1. The number of amides is 1. The van der Waals surface area contributed by atoms with Crippen molar-refractivity contribution in [2.45, 2.75) is 44.2 Å². The second-order valence-corrected chi connectivity index (χ2v) is 7.15. The van der Waals surface area contributed by atoms with Crippen molar-refractivity contribution in [3.63, 3.8) is 0 Å². The second-order valence-electron chi connectivity index (χ2n) is 7.15. The Kier molecular flexibility index (Phi) is 6.82. The van der Waals surface area contributed by atoms with Gasteiger partial charge in [0.25, 0.3) is 0 Å². The zero-order chi connectivity index (χ0) is 20.8. The molecule has 2 aromatic rings. The number of aryl methyl sites for hydroxylation is 1. The van der Waals surface area contributed by atoms with Crippen molar-refractivity contribution in [1.29, 1.82) is 0 Å². The molecule has 0 aliphatic carbocycles. The van der Waals surface area contributed by atoms with Crippen LogP contribution in [0.1, 0.15) is 41.1 Å². The van der Waals surface area contributed by atoms with E-state index in [1.54, 1.807) is 29.2 Å². The van der Waals surface area contributed by atoms with Crippen LogP contribution < -0.4 is 0 Å². The molecule has 154 valence electrons. The molecule has 2 N–H and O–H groups in total. The van der Waals surface area contributed by atoms with Gasteiger partial charge < -0.3 is 19.5 Å². The number of hydrogen-bond acceptors (Lipinski definition) is 4. The van der Waals surface area contributed by atoms with Crippen LogP contribution in [0.3, 0.4) is 0 Å². The topological polar surface area (TPSA) is 91.0 Å². The Hall–Kier alpha value is -2.93. The molecule has 0 bridgehead atoms. The molecule has 1 fully saturated rings. The van der Waals surface area contributed by atoms with Crippen molar-refractivity contribution in [3.05, 3.63) is 71.5 Å².